The predicted molar refractivity (Wildman–Crippen MR) is 39.1 cm³/mol. The van der Waals surface area contributed by atoms with E-state index >= 15 is 0 Å². The number of hydrogen-bond acceptors (Lipinski definition) is 5. The number of hydrogen-bond donors (Lipinski definition) is 1. The third-order valence-corrected chi connectivity index (χ3v) is 1.99. The molecule has 0 aromatic heterocycles. The third kappa shape index (κ3) is 2.52. The van der Waals surface area contributed by atoms with Gasteiger partial charge >= 0.3 is 0 Å². The fraction of sp³-hybridized carbons (Fsp3) is 0.800. The summed E-state index contributed by atoms with van der Waals surface area (Å²) in [6.07, 6.45) is 0. The van der Waals surface area contributed by atoms with Gasteiger partial charge in [-0.05, 0) is 0 Å². The molecule has 0 spiro atoms. The lowest BCUT2D eigenvalue weighted by Crippen LogP contribution is -2.52. The second-order valence-corrected chi connectivity index (χ2v) is 3.23. The Kier molecular flexibility index (Phi) is 3.15. The van der Waals surface area contributed by atoms with Crippen LogP contribution in [0, 0.1) is 5.92 Å². The van der Waals surface area contributed by atoms with Crippen molar-refractivity contribution < 1.29 is 17.7 Å². The first-order chi connectivity index (χ1) is 5.59. The molecule has 1 atom stereocenters. The molecule has 0 aliphatic carbocycles. The van der Waals surface area contributed by atoms with Crippen LogP contribution in [-0.4, -0.2) is 39.4 Å². The van der Waals surface area contributed by atoms with Gasteiger partial charge < -0.3 is 10.3 Å². The summed E-state index contributed by atoms with van der Waals surface area (Å²) < 4.78 is 24.1. The van der Waals surface area contributed by atoms with Crippen LogP contribution in [0.2, 0.25) is 0 Å². The highest BCUT2D eigenvalue weighted by Crippen LogP contribution is 2.13. The van der Waals surface area contributed by atoms with E-state index in [-0.39, 0.29) is 18.6 Å². The number of carbonyl (C=O) groups excluding carboxylic acids is 1. The van der Waals surface area contributed by atoms with Crippen molar-refractivity contribution in [2.45, 2.75) is 0 Å². The molecule has 2 N–H and O–H groups in total. The van der Waals surface area contributed by atoms with Gasteiger partial charge in [0.25, 0.3) is 0 Å². The lowest BCUT2D eigenvalue weighted by molar-refractivity contribution is -0.128. The SMILES string of the molecule is NC(=O)C1CN(COS(=O)[O-])C1. The zero-order valence-corrected chi connectivity index (χ0v) is 7.08. The van der Waals surface area contributed by atoms with Crippen molar-refractivity contribution in [1.82, 2.24) is 4.90 Å². The first-order valence-electron chi connectivity index (χ1n) is 3.34. The number of likely N-dealkylation sites (tertiary alicyclic amines) is 1. The molecular weight excluding hydrogens is 184 g/mol. The molecule has 0 aromatic rings. The van der Waals surface area contributed by atoms with Gasteiger partial charge in [-0.25, -0.2) is 4.21 Å². The van der Waals surface area contributed by atoms with Crippen LogP contribution in [-0.2, 0) is 20.3 Å². The summed E-state index contributed by atoms with van der Waals surface area (Å²) in [6.45, 7) is 0.957. The third-order valence-electron chi connectivity index (χ3n) is 1.69. The Labute approximate surface area is 72.2 Å². The Bertz CT molecular complexity index is 201. The molecule has 1 saturated heterocycles. The van der Waals surface area contributed by atoms with Crippen molar-refractivity contribution in [2.24, 2.45) is 11.7 Å². The summed E-state index contributed by atoms with van der Waals surface area (Å²) in [6, 6.07) is 0. The molecular formula is C5H9N2O4S-. The van der Waals surface area contributed by atoms with Crippen molar-refractivity contribution in [2.75, 3.05) is 19.8 Å². The minimum Gasteiger partial charge on any atom is -0.750 e. The second kappa shape index (κ2) is 3.94. The highest BCUT2D eigenvalue weighted by molar-refractivity contribution is 7.74. The number of nitrogens with two attached hydrogens (primary N) is 1. The molecule has 12 heavy (non-hydrogen) atoms. The van der Waals surface area contributed by atoms with Crippen LogP contribution < -0.4 is 5.73 Å². The van der Waals surface area contributed by atoms with Gasteiger partial charge in [-0.1, -0.05) is 0 Å². The number of rotatable bonds is 4. The van der Waals surface area contributed by atoms with E-state index in [1.54, 1.807) is 4.90 Å². The largest absolute Gasteiger partial charge is 0.750 e. The molecule has 1 rings (SSSR count). The Morgan fingerprint density at radius 1 is 1.75 bits per heavy atom. The Balaban J connectivity index is 2.10. The molecule has 6 nitrogen and oxygen atoms in total. The van der Waals surface area contributed by atoms with Crippen molar-refractivity contribution in [3.8, 4) is 0 Å². The van der Waals surface area contributed by atoms with Gasteiger partial charge in [-0.3, -0.25) is 13.9 Å². The van der Waals surface area contributed by atoms with Crippen LogP contribution in [0.4, 0.5) is 0 Å². The molecule has 0 aromatic carbocycles. The quantitative estimate of drug-likeness (QED) is 0.530. The van der Waals surface area contributed by atoms with E-state index in [1.807, 2.05) is 0 Å². The molecule has 1 amide bonds. The van der Waals surface area contributed by atoms with Crippen molar-refractivity contribution >= 4 is 17.3 Å². The molecule has 1 heterocycles. The van der Waals surface area contributed by atoms with E-state index in [0.717, 1.165) is 0 Å². The summed E-state index contributed by atoms with van der Waals surface area (Å²) in [7, 11) is 0. The molecule has 1 aliphatic rings. The smallest absolute Gasteiger partial charge is 0.223 e. The van der Waals surface area contributed by atoms with Gasteiger partial charge in [0, 0.05) is 13.1 Å². The minimum atomic E-state index is -2.48. The zero-order chi connectivity index (χ0) is 9.14. The van der Waals surface area contributed by atoms with Crippen molar-refractivity contribution in [3.05, 3.63) is 0 Å². The Morgan fingerprint density at radius 3 is 2.75 bits per heavy atom. The Hall–Kier alpha value is -0.500. The van der Waals surface area contributed by atoms with Gasteiger partial charge in [0.2, 0.25) is 5.91 Å². The van der Waals surface area contributed by atoms with Gasteiger partial charge in [-0.15, -0.1) is 0 Å². The summed E-state index contributed by atoms with van der Waals surface area (Å²) >= 11 is -2.48. The van der Waals surface area contributed by atoms with E-state index < -0.39 is 11.4 Å². The molecule has 1 unspecified atom stereocenters. The standard InChI is InChI=1S/C5H10N2O4S/c6-5(8)4-1-7(2-4)3-11-12(9)10/h4H,1-3H2,(H2,6,8)(H,9,10)/p-1. The summed E-state index contributed by atoms with van der Waals surface area (Å²) in [5.74, 6) is -0.511. The normalized spacial score (nSPS) is 21.8. The van der Waals surface area contributed by atoms with E-state index in [1.165, 1.54) is 0 Å². The van der Waals surface area contributed by atoms with Crippen molar-refractivity contribution in [1.29, 1.82) is 0 Å². The molecule has 0 radical (unpaired) electrons. The molecule has 0 saturated carbocycles. The molecule has 1 fully saturated rings. The van der Waals surface area contributed by atoms with Crippen LogP contribution in [0.5, 0.6) is 0 Å². The average molecular weight is 193 g/mol. The van der Waals surface area contributed by atoms with E-state index in [2.05, 4.69) is 4.18 Å². The van der Waals surface area contributed by atoms with Gasteiger partial charge in [0.1, 0.15) is 6.73 Å². The number of amides is 1. The van der Waals surface area contributed by atoms with E-state index in [9.17, 15) is 13.6 Å². The fourth-order valence-electron chi connectivity index (χ4n) is 0.973. The van der Waals surface area contributed by atoms with Crippen LogP contribution in [0.15, 0.2) is 0 Å². The lowest BCUT2D eigenvalue weighted by atomic mass is 10.0. The average Bonchev–Trinajstić information content (AvgIpc) is 1.82. The monoisotopic (exact) mass is 193 g/mol. The summed E-state index contributed by atoms with van der Waals surface area (Å²) in [5, 5.41) is 0. The number of primary amides is 1. The lowest BCUT2D eigenvalue weighted by Gasteiger charge is -2.36. The van der Waals surface area contributed by atoms with Crippen LogP contribution in [0.1, 0.15) is 0 Å². The molecule has 70 valence electrons. The zero-order valence-electron chi connectivity index (χ0n) is 6.26. The summed E-state index contributed by atoms with van der Waals surface area (Å²) in [5.41, 5.74) is 4.99. The maximum absolute atomic E-state index is 10.5. The van der Waals surface area contributed by atoms with Crippen molar-refractivity contribution in [3.63, 3.8) is 0 Å². The molecule has 7 heteroatoms. The van der Waals surface area contributed by atoms with Crippen LogP contribution in [0.3, 0.4) is 0 Å². The first kappa shape index (κ1) is 9.59. The maximum Gasteiger partial charge on any atom is 0.223 e. The molecule has 0 bridgehead atoms. The molecule has 1 aliphatic heterocycles. The highest BCUT2D eigenvalue weighted by Gasteiger charge is 2.30. The van der Waals surface area contributed by atoms with Crippen LogP contribution in [0.25, 0.3) is 0 Å². The summed E-state index contributed by atoms with van der Waals surface area (Å²) in [4.78, 5) is 12.2. The first-order valence-corrected chi connectivity index (χ1v) is 4.34. The highest BCUT2D eigenvalue weighted by atomic mass is 32.2. The van der Waals surface area contributed by atoms with Gasteiger partial charge in [-0.2, -0.15) is 0 Å². The van der Waals surface area contributed by atoms with E-state index in [4.69, 9.17) is 5.73 Å². The van der Waals surface area contributed by atoms with Gasteiger partial charge in [0.05, 0.1) is 17.3 Å². The maximum atomic E-state index is 10.5. The predicted octanol–water partition coefficient (Wildman–Crippen LogP) is -1.83. The van der Waals surface area contributed by atoms with Gasteiger partial charge in [0.15, 0.2) is 0 Å². The Morgan fingerprint density at radius 2 is 2.33 bits per heavy atom. The topological polar surface area (TPSA) is 95.7 Å². The second-order valence-electron chi connectivity index (χ2n) is 2.59. The van der Waals surface area contributed by atoms with E-state index in [0.29, 0.717) is 13.1 Å². The minimum absolute atomic E-state index is 0.000108. The van der Waals surface area contributed by atoms with Crippen LogP contribution >= 0.6 is 0 Å². The fourth-order valence-corrected chi connectivity index (χ4v) is 1.21. The number of carbonyl (C=O) groups is 1. The number of nitrogens with zero attached hydrogens (tertiary/aromatic N) is 1.